The second-order valence-electron chi connectivity index (χ2n) is 5.33. The van der Waals surface area contributed by atoms with Crippen LogP contribution in [0.5, 0.6) is 11.5 Å². The molecule has 0 spiro atoms. The lowest BCUT2D eigenvalue weighted by atomic mass is 10.2. The van der Waals surface area contributed by atoms with E-state index >= 15 is 0 Å². The largest absolute Gasteiger partial charge is 0.494 e. The number of aldehydes is 1. The maximum Gasteiger partial charge on any atom is 0.153 e. The molecule has 0 amide bonds. The van der Waals surface area contributed by atoms with Crippen LogP contribution in [0, 0.1) is 0 Å². The van der Waals surface area contributed by atoms with Crippen LogP contribution in [0.1, 0.15) is 50.4 Å². The molecule has 118 valence electrons. The summed E-state index contributed by atoms with van der Waals surface area (Å²) in [7, 11) is 0. The van der Waals surface area contributed by atoms with E-state index in [4.69, 9.17) is 9.47 Å². The summed E-state index contributed by atoms with van der Waals surface area (Å²) in [5, 5.41) is 3.33. The molecule has 0 aliphatic rings. The molecule has 4 nitrogen and oxygen atoms in total. The maximum absolute atomic E-state index is 11.1. The SMILES string of the molecule is CCCCOc1ccc(OCCCNC(C)C)c(C=O)c1. The topological polar surface area (TPSA) is 47.6 Å². The summed E-state index contributed by atoms with van der Waals surface area (Å²) < 4.78 is 11.3. The summed E-state index contributed by atoms with van der Waals surface area (Å²) in [4.78, 5) is 11.1. The summed E-state index contributed by atoms with van der Waals surface area (Å²) in [6.07, 6.45) is 3.82. The highest BCUT2D eigenvalue weighted by Crippen LogP contribution is 2.23. The summed E-state index contributed by atoms with van der Waals surface area (Å²) in [5.41, 5.74) is 0.542. The van der Waals surface area contributed by atoms with E-state index < -0.39 is 0 Å². The second-order valence-corrected chi connectivity index (χ2v) is 5.33. The number of carbonyl (C=O) groups excluding carboxylic acids is 1. The predicted octanol–water partition coefficient (Wildman–Crippen LogP) is 3.44. The van der Waals surface area contributed by atoms with Crippen molar-refractivity contribution in [3.63, 3.8) is 0 Å². The van der Waals surface area contributed by atoms with Gasteiger partial charge in [-0.3, -0.25) is 4.79 Å². The number of carbonyl (C=O) groups is 1. The number of ether oxygens (including phenoxy) is 2. The zero-order valence-electron chi connectivity index (χ0n) is 13.4. The molecule has 0 aliphatic heterocycles. The van der Waals surface area contributed by atoms with Crippen LogP contribution in [0.4, 0.5) is 0 Å². The van der Waals surface area contributed by atoms with E-state index in [1.54, 1.807) is 12.1 Å². The lowest BCUT2D eigenvalue weighted by molar-refractivity contribution is 0.111. The van der Waals surface area contributed by atoms with Gasteiger partial charge in [0.2, 0.25) is 0 Å². The molecule has 0 aromatic heterocycles. The fraction of sp³-hybridized carbons (Fsp3) is 0.588. The third-order valence-corrected chi connectivity index (χ3v) is 3.01. The first-order chi connectivity index (χ1) is 10.2. The molecule has 21 heavy (non-hydrogen) atoms. The molecule has 0 heterocycles. The van der Waals surface area contributed by atoms with Crippen molar-refractivity contribution in [2.24, 2.45) is 0 Å². The van der Waals surface area contributed by atoms with E-state index in [1.165, 1.54) is 0 Å². The van der Waals surface area contributed by atoms with Gasteiger partial charge in [0.1, 0.15) is 11.5 Å². The molecule has 0 radical (unpaired) electrons. The zero-order valence-corrected chi connectivity index (χ0v) is 13.4. The fourth-order valence-electron chi connectivity index (χ4n) is 1.82. The highest BCUT2D eigenvalue weighted by Gasteiger charge is 2.05. The second kappa shape index (κ2) is 10.2. The molecule has 1 aromatic rings. The van der Waals surface area contributed by atoms with Crippen molar-refractivity contribution in [1.82, 2.24) is 5.32 Å². The van der Waals surface area contributed by atoms with Crippen LogP contribution in [-0.4, -0.2) is 32.1 Å². The average Bonchev–Trinajstić information content (AvgIpc) is 2.47. The number of unbranched alkanes of at least 4 members (excludes halogenated alkanes) is 1. The van der Waals surface area contributed by atoms with Crippen LogP contribution in [-0.2, 0) is 0 Å². The minimum Gasteiger partial charge on any atom is -0.494 e. The molecule has 0 atom stereocenters. The number of hydrogen-bond donors (Lipinski definition) is 1. The van der Waals surface area contributed by atoms with Crippen molar-refractivity contribution in [3.8, 4) is 11.5 Å². The van der Waals surface area contributed by atoms with E-state index in [0.717, 1.165) is 37.8 Å². The first-order valence-electron chi connectivity index (χ1n) is 7.75. The zero-order chi connectivity index (χ0) is 15.5. The van der Waals surface area contributed by atoms with Gasteiger partial charge in [-0.1, -0.05) is 27.2 Å². The van der Waals surface area contributed by atoms with E-state index in [2.05, 4.69) is 26.1 Å². The Kier molecular flexibility index (Phi) is 8.51. The molecule has 0 saturated carbocycles. The van der Waals surface area contributed by atoms with Gasteiger partial charge in [0.05, 0.1) is 18.8 Å². The van der Waals surface area contributed by atoms with Gasteiger partial charge < -0.3 is 14.8 Å². The Hall–Kier alpha value is -1.55. The summed E-state index contributed by atoms with van der Waals surface area (Å²) in [6, 6.07) is 5.88. The Balaban J connectivity index is 2.44. The fourth-order valence-corrected chi connectivity index (χ4v) is 1.82. The van der Waals surface area contributed by atoms with E-state index in [0.29, 0.717) is 30.6 Å². The average molecular weight is 293 g/mol. The van der Waals surface area contributed by atoms with Crippen molar-refractivity contribution in [2.75, 3.05) is 19.8 Å². The first-order valence-corrected chi connectivity index (χ1v) is 7.75. The third-order valence-electron chi connectivity index (χ3n) is 3.01. The predicted molar refractivity (Wildman–Crippen MR) is 85.5 cm³/mol. The van der Waals surface area contributed by atoms with Crippen molar-refractivity contribution in [1.29, 1.82) is 0 Å². The molecule has 0 unspecified atom stereocenters. The van der Waals surface area contributed by atoms with Crippen molar-refractivity contribution < 1.29 is 14.3 Å². The monoisotopic (exact) mass is 293 g/mol. The van der Waals surface area contributed by atoms with Gasteiger partial charge >= 0.3 is 0 Å². The van der Waals surface area contributed by atoms with Crippen LogP contribution in [0.15, 0.2) is 18.2 Å². The number of nitrogens with one attached hydrogen (secondary N) is 1. The standard InChI is InChI=1S/C17H27NO3/c1-4-5-10-20-16-7-8-17(15(12-16)13-19)21-11-6-9-18-14(2)3/h7-8,12-14,18H,4-6,9-11H2,1-3H3. The van der Waals surface area contributed by atoms with Gasteiger partial charge in [-0.05, 0) is 37.6 Å². The summed E-state index contributed by atoms with van der Waals surface area (Å²) in [6.45, 7) is 8.52. The van der Waals surface area contributed by atoms with Crippen LogP contribution >= 0.6 is 0 Å². The van der Waals surface area contributed by atoms with Crippen LogP contribution in [0.25, 0.3) is 0 Å². The molecule has 4 heteroatoms. The van der Waals surface area contributed by atoms with Crippen LogP contribution < -0.4 is 14.8 Å². The molecule has 1 rings (SSSR count). The van der Waals surface area contributed by atoms with Crippen LogP contribution in [0.2, 0.25) is 0 Å². The summed E-state index contributed by atoms with van der Waals surface area (Å²) in [5.74, 6) is 1.34. The van der Waals surface area contributed by atoms with Crippen molar-refractivity contribution >= 4 is 6.29 Å². The minimum absolute atomic E-state index is 0.482. The summed E-state index contributed by atoms with van der Waals surface area (Å²) >= 11 is 0. The van der Waals surface area contributed by atoms with Gasteiger partial charge in [0.15, 0.2) is 6.29 Å². The van der Waals surface area contributed by atoms with Gasteiger partial charge in [-0.2, -0.15) is 0 Å². The Morgan fingerprint density at radius 1 is 1.19 bits per heavy atom. The molecule has 0 saturated heterocycles. The molecule has 0 fully saturated rings. The molecular weight excluding hydrogens is 266 g/mol. The van der Waals surface area contributed by atoms with Crippen molar-refractivity contribution in [3.05, 3.63) is 23.8 Å². The van der Waals surface area contributed by atoms with E-state index in [9.17, 15) is 4.79 Å². The minimum atomic E-state index is 0.482. The lowest BCUT2D eigenvalue weighted by Crippen LogP contribution is -2.24. The highest BCUT2D eigenvalue weighted by atomic mass is 16.5. The number of benzene rings is 1. The molecular formula is C17H27NO3. The van der Waals surface area contributed by atoms with Gasteiger partial charge in [-0.25, -0.2) is 0 Å². The quantitative estimate of drug-likeness (QED) is 0.501. The Morgan fingerprint density at radius 3 is 2.62 bits per heavy atom. The highest BCUT2D eigenvalue weighted by molar-refractivity contribution is 5.80. The number of rotatable bonds is 11. The van der Waals surface area contributed by atoms with E-state index in [1.807, 2.05) is 6.07 Å². The Bertz CT molecular complexity index is 418. The molecule has 1 N–H and O–H groups in total. The normalized spacial score (nSPS) is 10.7. The van der Waals surface area contributed by atoms with Gasteiger partial charge in [0, 0.05) is 6.04 Å². The smallest absolute Gasteiger partial charge is 0.153 e. The first kappa shape index (κ1) is 17.5. The van der Waals surface area contributed by atoms with E-state index in [-0.39, 0.29) is 0 Å². The maximum atomic E-state index is 11.1. The molecule has 0 aliphatic carbocycles. The van der Waals surface area contributed by atoms with Crippen LogP contribution in [0.3, 0.4) is 0 Å². The van der Waals surface area contributed by atoms with Gasteiger partial charge in [-0.15, -0.1) is 0 Å². The Morgan fingerprint density at radius 2 is 1.95 bits per heavy atom. The number of hydrogen-bond acceptors (Lipinski definition) is 4. The third kappa shape index (κ3) is 7.14. The van der Waals surface area contributed by atoms with Crippen molar-refractivity contribution in [2.45, 2.75) is 46.1 Å². The molecule has 1 aromatic carbocycles. The Labute approximate surface area is 127 Å². The molecule has 0 bridgehead atoms. The lowest BCUT2D eigenvalue weighted by Gasteiger charge is -2.12. The van der Waals surface area contributed by atoms with Gasteiger partial charge in [0.25, 0.3) is 0 Å².